The van der Waals surface area contributed by atoms with Crippen molar-refractivity contribution in [2.24, 2.45) is 0 Å². The summed E-state index contributed by atoms with van der Waals surface area (Å²) in [6, 6.07) is 0. The number of aryl methyl sites for hydroxylation is 1. The standard InChI is InChI=1S/C10H11IN4/c1-7-5-15(6-14-7)10-4-12-9(3-13-10)8(2)11/h3-6,8H,1-2H3. The third kappa shape index (κ3) is 2.34. The van der Waals surface area contributed by atoms with Crippen LogP contribution in [-0.4, -0.2) is 19.5 Å². The molecular formula is C10H11IN4. The molecule has 0 radical (unpaired) electrons. The minimum absolute atomic E-state index is 0.383. The highest BCUT2D eigenvalue weighted by atomic mass is 127. The highest BCUT2D eigenvalue weighted by Gasteiger charge is 2.04. The first-order valence-corrected chi connectivity index (χ1v) is 5.88. The Kier molecular flexibility index (Phi) is 2.99. The summed E-state index contributed by atoms with van der Waals surface area (Å²) in [5.74, 6) is 0.802. The van der Waals surface area contributed by atoms with Crippen LogP contribution in [0.2, 0.25) is 0 Å². The summed E-state index contributed by atoms with van der Waals surface area (Å²) in [5.41, 5.74) is 1.97. The molecule has 0 spiro atoms. The van der Waals surface area contributed by atoms with Crippen LogP contribution in [0.4, 0.5) is 0 Å². The molecule has 78 valence electrons. The van der Waals surface area contributed by atoms with E-state index in [0.29, 0.717) is 3.92 Å². The first-order valence-electron chi connectivity index (χ1n) is 4.64. The summed E-state index contributed by atoms with van der Waals surface area (Å²) < 4.78 is 2.25. The number of alkyl halides is 1. The van der Waals surface area contributed by atoms with Crippen LogP contribution in [0.25, 0.3) is 5.82 Å². The van der Waals surface area contributed by atoms with Crippen molar-refractivity contribution in [2.45, 2.75) is 17.8 Å². The Morgan fingerprint density at radius 2 is 2.07 bits per heavy atom. The monoisotopic (exact) mass is 314 g/mol. The second kappa shape index (κ2) is 4.26. The van der Waals surface area contributed by atoms with Crippen LogP contribution in [0.5, 0.6) is 0 Å². The summed E-state index contributed by atoms with van der Waals surface area (Å²) in [5, 5.41) is 0. The molecule has 2 aromatic heterocycles. The number of halogens is 1. The van der Waals surface area contributed by atoms with Crippen molar-refractivity contribution in [3.8, 4) is 5.82 Å². The predicted octanol–water partition coefficient (Wildman–Crippen LogP) is 2.47. The fourth-order valence-corrected chi connectivity index (χ4v) is 1.54. The van der Waals surface area contributed by atoms with Gasteiger partial charge in [0, 0.05) is 6.20 Å². The molecule has 0 fully saturated rings. The summed E-state index contributed by atoms with van der Waals surface area (Å²) in [4.78, 5) is 12.8. The van der Waals surface area contributed by atoms with Gasteiger partial charge < -0.3 is 0 Å². The van der Waals surface area contributed by atoms with Gasteiger partial charge in [-0.1, -0.05) is 22.6 Å². The second-order valence-corrected chi connectivity index (χ2v) is 5.21. The number of aromatic nitrogens is 4. The van der Waals surface area contributed by atoms with Crippen LogP contribution in [0.3, 0.4) is 0 Å². The molecule has 0 aliphatic heterocycles. The highest BCUT2D eigenvalue weighted by molar-refractivity contribution is 14.1. The Balaban J connectivity index is 2.31. The van der Waals surface area contributed by atoms with Crippen molar-refractivity contribution in [1.29, 1.82) is 0 Å². The average molecular weight is 314 g/mol. The van der Waals surface area contributed by atoms with E-state index >= 15 is 0 Å². The van der Waals surface area contributed by atoms with Crippen LogP contribution < -0.4 is 0 Å². The molecule has 1 unspecified atom stereocenters. The fraction of sp³-hybridized carbons (Fsp3) is 0.300. The lowest BCUT2D eigenvalue weighted by Gasteiger charge is -2.03. The molecule has 5 heteroatoms. The van der Waals surface area contributed by atoms with Gasteiger partial charge in [-0.05, 0) is 13.8 Å². The molecule has 15 heavy (non-hydrogen) atoms. The van der Waals surface area contributed by atoms with E-state index < -0.39 is 0 Å². The first kappa shape index (κ1) is 10.5. The molecule has 2 heterocycles. The molecule has 0 aliphatic carbocycles. The SMILES string of the molecule is Cc1cn(-c2cnc(C(C)I)cn2)cn1. The lowest BCUT2D eigenvalue weighted by Crippen LogP contribution is -1.98. The maximum Gasteiger partial charge on any atom is 0.156 e. The molecule has 0 saturated carbocycles. The molecule has 0 amide bonds. The number of rotatable bonds is 2. The Morgan fingerprint density at radius 3 is 2.53 bits per heavy atom. The molecule has 2 rings (SSSR count). The van der Waals surface area contributed by atoms with Crippen LogP contribution >= 0.6 is 22.6 Å². The Hall–Kier alpha value is -0.980. The molecule has 0 saturated heterocycles. The predicted molar refractivity (Wildman–Crippen MR) is 66.3 cm³/mol. The summed E-state index contributed by atoms with van der Waals surface area (Å²) in [6.07, 6.45) is 7.25. The fourth-order valence-electron chi connectivity index (χ4n) is 1.22. The Bertz CT molecular complexity index is 447. The topological polar surface area (TPSA) is 43.6 Å². The van der Waals surface area contributed by atoms with Gasteiger partial charge in [-0.2, -0.15) is 0 Å². The van der Waals surface area contributed by atoms with E-state index in [9.17, 15) is 0 Å². The van der Waals surface area contributed by atoms with Crippen molar-refractivity contribution in [3.05, 3.63) is 36.3 Å². The van der Waals surface area contributed by atoms with Crippen molar-refractivity contribution >= 4 is 22.6 Å². The van der Waals surface area contributed by atoms with Crippen LogP contribution in [0, 0.1) is 6.92 Å². The van der Waals surface area contributed by atoms with Gasteiger partial charge >= 0.3 is 0 Å². The van der Waals surface area contributed by atoms with Crippen molar-refractivity contribution in [3.63, 3.8) is 0 Å². The normalized spacial score (nSPS) is 12.7. The lowest BCUT2D eigenvalue weighted by atomic mass is 10.3. The van der Waals surface area contributed by atoms with Gasteiger partial charge in [0.1, 0.15) is 6.33 Å². The van der Waals surface area contributed by atoms with E-state index in [1.54, 1.807) is 12.5 Å². The zero-order valence-corrected chi connectivity index (χ0v) is 10.7. The largest absolute Gasteiger partial charge is 0.289 e. The molecule has 4 nitrogen and oxygen atoms in total. The van der Waals surface area contributed by atoms with E-state index in [1.165, 1.54) is 0 Å². The summed E-state index contributed by atoms with van der Waals surface area (Å²) in [6.45, 7) is 4.04. The quantitative estimate of drug-likeness (QED) is 0.632. The average Bonchev–Trinajstić information content (AvgIpc) is 2.65. The van der Waals surface area contributed by atoms with Gasteiger partial charge in [-0.3, -0.25) is 9.55 Å². The van der Waals surface area contributed by atoms with Gasteiger partial charge in [0.05, 0.1) is 27.7 Å². The smallest absolute Gasteiger partial charge is 0.156 e. The van der Waals surface area contributed by atoms with Gasteiger partial charge in [-0.25, -0.2) is 9.97 Å². The number of nitrogens with zero attached hydrogens (tertiary/aromatic N) is 4. The Labute approximate surface area is 102 Å². The maximum atomic E-state index is 4.35. The highest BCUT2D eigenvalue weighted by Crippen LogP contribution is 2.19. The van der Waals surface area contributed by atoms with Gasteiger partial charge in [0.2, 0.25) is 0 Å². The van der Waals surface area contributed by atoms with Gasteiger partial charge in [-0.15, -0.1) is 0 Å². The van der Waals surface area contributed by atoms with E-state index in [4.69, 9.17) is 0 Å². The molecule has 0 bridgehead atoms. The van der Waals surface area contributed by atoms with Crippen molar-refractivity contribution in [2.75, 3.05) is 0 Å². The van der Waals surface area contributed by atoms with Crippen LogP contribution in [0.1, 0.15) is 22.2 Å². The number of imidazole rings is 1. The minimum atomic E-state index is 0.383. The van der Waals surface area contributed by atoms with Gasteiger partial charge in [0.25, 0.3) is 0 Å². The first-order chi connectivity index (χ1) is 7.16. The molecule has 0 aromatic carbocycles. The molecule has 0 aliphatic rings. The van der Waals surface area contributed by atoms with Crippen molar-refractivity contribution in [1.82, 2.24) is 19.5 Å². The lowest BCUT2D eigenvalue weighted by molar-refractivity contribution is 0.929. The van der Waals surface area contributed by atoms with E-state index in [-0.39, 0.29) is 0 Å². The van der Waals surface area contributed by atoms with E-state index in [1.807, 2.05) is 23.9 Å². The van der Waals surface area contributed by atoms with E-state index in [2.05, 4.69) is 44.5 Å². The second-order valence-electron chi connectivity index (χ2n) is 3.34. The van der Waals surface area contributed by atoms with Crippen LogP contribution in [-0.2, 0) is 0 Å². The molecule has 2 aromatic rings. The Morgan fingerprint density at radius 1 is 1.27 bits per heavy atom. The minimum Gasteiger partial charge on any atom is -0.289 e. The summed E-state index contributed by atoms with van der Waals surface area (Å²) in [7, 11) is 0. The van der Waals surface area contributed by atoms with Crippen molar-refractivity contribution < 1.29 is 0 Å². The molecule has 0 N–H and O–H groups in total. The van der Waals surface area contributed by atoms with Crippen LogP contribution in [0.15, 0.2) is 24.9 Å². The maximum absolute atomic E-state index is 4.35. The zero-order valence-electron chi connectivity index (χ0n) is 8.55. The zero-order chi connectivity index (χ0) is 10.8. The summed E-state index contributed by atoms with van der Waals surface area (Å²) >= 11 is 2.32. The third-order valence-corrected chi connectivity index (χ3v) is 2.68. The van der Waals surface area contributed by atoms with E-state index in [0.717, 1.165) is 17.2 Å². The third-order valence-electron chi connectivity index (χ3n) is 2.04. The molecule has 1 atom stereocenters. The number of hydrogen-bond acceptors (Lipinski definition) is 3. The molecular weight excluding hydrogens is 303 g/mol. The number of hydrogen-bond donors (Lipinski definition) is 0. The van der Waals surface area contributed by atoms with Gasteiger partial charge in [0.15, 0.2) is 5.82 Å².